The van der Waals surface area contributed by atoms with Crippen LogP contribution in [0, 0.1) is 6.92 Å². The predicted molar refractivity (Wildman–Crippen MR) is 96.6 cm³/mol. The summed E-state index contributed by atoms with van der Waals surface area (Å²) in [7, 11) is 0. The molecule has 1 aromatic carbocycles. The van der Waals surface area contributed by atoms with Gasteiger partial charge in [0.1, 0.15) is 0 Å². The minimum absolute atomic E-state index is 0. The van der Waals surface area contributed by atoms with Crippen LogP contribution >= 0.6 is 12.4 Å². The Morgan fingerprint density at radius 1 is 1.46 bits per heavy atom. The van der Waals surface area contributed by atoms with Crippen LogP contribution in [0.2, 0.25) is 0 Å². The molecule has 2 heterocycles. The quantitative estimate of drug-likeness (QED) is 0.873. The summed E-state index contributed by atoms with van der Waals surface area (Å²) < 4.78 is 1.51. The summed E-state index contributed by atoms with van der Waals surface area (Å²) in [6.45, 7) is 4.12. The van der Waals surface area contributed by atoms with E-state index in [0.717, 1.165) is 37.0 Å². The molecule has 1 amide bonds. The Morgan fingerprint density at radius 2 is 2.29 bits per heavy atom. The number of carbonyl (C=O) groups is 1. The number of amides is 1. The molecular weight excluding hydrogens is 328 g/mol. The van der Waals surface area contributed by atoms with E-state index in [1.165, 1.54) is 10.9 Å². The number of nitrogens with zero attached hydrogens (tertiary/aromatic N) is 2. The van der Waals surface area contributed by atoms with Crippen molar-refractivity contribution in [3.63, 3.8) is 0 Å². The lowest BCUT2D eigenvalue weighted by Gasteiger charge is -2.23. The van der Waals surface area contributed by atoms with E-state index in [-0.39, 0.29) is 36.3 Å². The van der Waals surface area contributed by atoms with Gasteiger partial charge in [0, 0.05) is 25.6 Å². The number of halogens is 1. The van der Waals surface area contributed by atoms with Crippen molar-refractivity contribution in [2.45, 2.75) is 38.8 Å². The van der Waals surface area contributed by atoms with Crippen LogP contribution in [-0.4, -0.2) is 34.6 Å². The fourth-order valence-electron chi connectivity index (χ4n) is 2.99. The largest absolute Gasteiger partial charge is 0.352 e. The smallest absolute Gasteiger partial charge is 0.261 e. The number of para-hydroxylation sites is 1. The molecule has 0 saturated carbocycles. The third kappa shape index (κ3) is 4.13. The van der Waals surface area contributed by atoms with Crippen LogP contribution in [0.1, 0.15) is 24.8 Å². The molecule has 7 heteroatoms. The van der Waals surface area contributed by atoms with Crippen molar-refractivity contribution in [3.8, 4) is 0 Å². The van der Waals surface area contributed by atoms with Crippen molar-refractivity contribution in [1.82, 2.24) is 20.2 Å². The second kappa shape index (κ2) is 8.26. The standard InChI is InChI=1S/C17H22N4O2.ClH/c1-12-4-2-6-14-16(12)19-11-21(17(14)23)9-7-15(22)20-13-5-3-8-18-10-13;/h2,4,6,11,13,18H,3,5,7-10H2,1H3,(H,20,22);1H/t13-;/m0./s1. The van der Waals surface area contributed by atoms with E-state index in [1.54, 1.807) is 6.07 Å². The molecule has 1 aliphatic rings. The fraction of sp³-hybridized carbons (Fsp3) is 0.471. The van der Waals surface area contributed by atoms with Crippen LogP contribution in [0.3, 0.4) is 0 Å². The Labute approximate surface area is 147 Å². The van der Waals surface area contributed by atoms with Crippen LogP contribution in [0.4, 0.5) is 0 Å². The number of hydrogen-bond donors (Lipinski definition) is 2. The number of carbonyl (C=O) groups excluding carboxylic acids is 1. The average Bonchev–Trinajstić information content (AvgIpc) is 2.56. The van der Waals surface area contributed by atoms with E-state index in [9.17, 15) is 9.59 Å². The summed E-state index contributed by atoms with van der Waals surface area (Å²) in [4.78, 5) is 28.9. The van der Waals surface area contributed by atoms with Gasteiger partial charge in [-0.2, -0.15) is 0 Å². The van der Waals surface area contributed by atoms with Gasteiger partial charge in [-0.05, 0) is 37.9 Å². The molecular formula is C17H23ClN4O2. The Kier molecular flexibility index (Phi) is 6.34. The molecule has 2 N–H and O–H groups in total. The number of benzene rings is 1. The molecule has 130 valence electrons. The van der Waals surface area contributed by atoms with Crippen molar-refractivity contribution in [2.24, 2.45) is 0 Å². The summed E-state index contributed by atoms with van der Waals surface area (Å²) in [6, 6.07) is 5.77. The van der Waals surface area contributed by atoms with E-state index in [4.69, 9.17) is 0 Å². The van der Waals surface area contributed by atoms with Crippen molar-refractivity contribution >= 4 is 29.2 Å². The molecule has 6 nitrogen and oxygen atoms in total. The molecule has 1 aromatic heterocycles. The Balaban J connectivity index is 0.00000208. The highest BCUT2D eigenvalue weighted by molar-refractivity contribution is 5.85. The third-order valence-electron chi connectivity index (χ3n) is 4.30. The molecule has 0 radical (unpaired) electrons. The molecule has 0 unspecified atom stereocenters. The molecule has 1 atom stereocenters. The van der Waals surface area contributed by atoms with Crippen LogP contribution in [-0.2, 0) is 11.3 Å². The van der Waals surface area contributed by atoms with Gasteiger partial charge in [-0.3, -0.25) is 14.2 Å². The highest BCUT2D eigenvalue weighted by atomic mass is 35.5. The van der Waals surface area contributed by atoms with Crippen molar-refractivity contribution in [2.75, 3.05) is 13.1 Å². The van der Waals surface area contributed by atoms with Gasteiger partial charge < -0.3 is 10.6 Å². The lowest BCUT2D eigenvalue weighted by atomic mass is 10.1. The lowest BCUT2D eigenvalue weighted by molar-refractivity contribution is -0.122. The van der Waals surface area contributed by atoms with Crippen LogP contribution < -0.4 is 16.2 Å². The first kappa shape index (κ1) is 18.4. The van der Waals surface area contributed by atoms with E-state index < -0.39 is 0 Å². The molecule has 3 rings (SSSR count). The van der Waals surface area contributed by atoms with E-state index >= 15 is 0 Å². The number of aryl methyl sites for hydroxylation is 2. The van der Waals surface area contributed by atoms with Crippen LogP contribution in [0.25, 0.3) is 10.9 Å². The topological polar surface area (TPSA) is 76.0 Å². The van der Waals surface area contributed by atoms with Gasteiger partial charge in [0.2, 0.25) is 5.91 Å². The van der Waals surface area contributed by atoms with Gasteiger partial charge in [0.05, 0.1) is 17.2 Å². The van der Waals surface area contributed by atoms with Gasteiger partial charge in [-0.15, -0.1) is 12.4 Å². The maximum absolute atomic E-state index is 12.5. The van der Waals surface area contributed by atoms with Crippen molar-refractivity contribution in [1.29, 1.82) is 0 Å². The number of aromatic nitrogens is 2. The van der Waals surface area contributed by atoms with Crippen molar-refractivity contribution < 1.29 is 4.79 Å². The number of piperidine rings is 1. The average molecular weight is 351 g/mol. The summed E-state index contributed by atoms with van der Waals surface area (Å²) in [6.07, 6.45) is 3.91. The Hall–Kier alpha value is -1.92. The molecule has 2 aromatic rings. The molecule has 1 aliphatic heterocycles. The maximum atomic E-state index is 12.5. The van der Waals surface area contributed by atoms with E-state index in [1.807, 2.05) is 19.1 Å². The highest BCUT2D eigenvalue weighted by Crippen LogP contribution is 2.11. The zero-order valence-corrected chi connectivity index (χ0v) is 14.6. The number of rotatable bonds is 4. The van der Waals surface area contributed by atoms with Gasteiger partial charge in [0.25, 0.3) is 5.56 Å². The first-order valence-electron chi connectivity index (χ1n) is 8.10. The number of nitrogens with one attached hydrogen (secondary N) is 2. The first-order valence-corrected chi connectivity index (χ1v) is 8.10. The second-order valence-corrected chi connectivity index (χ2v) is 6.07. The van der Waals surface area contributed by atoms with Gasteiger partial charge in [-0.25, -0.2) is 4.98 Å². The fourth-order valence-corrected chi connectivity index (χ4v) is 2.99. The normalized spacial score (nSPS) is 17.3. The SMILES string of the molecule is Cc1cccc2c(=O)n(CCC(=O)N[C@H]3CCCNC3)cnc12.Cl. The number of fused-ring (bicyclic) bond motifs is 1. The minimum Gasteiger partial charge on any atom is -0.352 e. The molecule has 1 saturated heterocycles. The van der Waals surface area contributed by atoms with E-state index in [2.05, 4.69) is 15.6 Å². The first-order chi connectivity index (χ1) is 11.1. The molecule has 0 bridgehead atoms. The van der Waals surface area contributed by atoms with E-state index in [0.29, 0.717) is 11.9 Å². The van der Waals surface area contributed by atoms with Crippen molar-refractivity contribution in [3.05, 3.63) is 40.4 Å². The van der Waals surface area contributed by atoms with Gasteiger partial charge >= 0.3 is 0 Å². The predicted octanol–water partition coefficient (Wildman–Crippen LogP) is 1.39. The molecule has 24 heavy (non-hydrogen) atoms. The second-order valence-electron chi connectivity index (χ2n) is 6.07. The zero-order chi connectivity index (χ0) is 16.2. The summed E-state index contributed by atoms with van der Waals surface area (Å²) in [5.41, 5.74) is 1.62. The number of hydrogen-bond acceptors (Lipinski definition) is 4. The summed E-state index contributed by atoms with van der Waals surface area (Å²) >= 11 is 0. The molecule has 0 spiro atoms. The molecule has 1 fully saturated rings. The van der Waals surface area contributed by atoms with Crippen LogP contribution in [0.5, 0.6) is 0 Å². The third-order valence-corrected chi connectivity index (χ3v) is 4.30. The molecule has 0 aliphatic carbocycles. The van der Waals surface area contributed by atoms with Gasteiger partial charge in [0.15, 0.2) is 0 Å². The zero-order valence-electron chi connectivity index (χ0n) is 13.7. The Morgan fingerprint density at radius 3 is 3.04 bits per heavy atom. The lowest BCUT2D eigenvalue weighted by Crippen LogP contribution is -2.45. The highest BCUT2D eigenvalue weighted by Gasteiger charge is 2.15. The minimum atomic E-state index is -0.0918. The maximum Gasteiger partial charge on any atom is 0.261 e. The Bertz CT molecular complexity index is 769. The van der Waals surface area contributed by atoms with Crippen LogP contribution in [0.15, 0.2) is 29.3 Å². The monoisotopic (exact) mass is 350 g/mol. The summed E-state index contributed by atoms with van der Waals surface area (Å²) in [5, 5.41) is 6.89. The van der Waals surface area contributed by atoms with Gasteiger partial charge in [-0.1, -0.05) is 12.1 Å². The summed E-state index contributed by atoms with van der Waals surface area (Å²) in [5.74, 6) is -0.0186.